The molecule has 2 amide bonds. The van der Waals surface area contributed by atoms with Crippen LogP contribution in [0.3, 0.4) is 0 Å². The summed E-state index contributed by atoms with van der Waals surface area (Å²) in [5.74, 6) is 1.51. The van der Waals surface area contributed by atoms with Crippen LogP contribution in [0.15, 0.2) is 0 Å². The zero-order valence-electron chi connectivity index (χ0n) is 9.67. The number of hydrogen-bond acceptors (Lipinski definition) is 1. The third-order valence-corrected chi connectivity index (χ3v) is 3.95. The fourth-order valence-corrected chi connectivity index (χ4v) is 2.78. The molecule has 0 bridgehead atoms. The molecule has 2 fully saturated rings. The zero-order valence-corrected chi connectivity index (χ0v) is 9.67. The number of rotatable bonds is 2. The van der Waals surface area contributed by atoms with Crippen molar-refractivity contribution in [3.63, 3.8) is 0 Å². The van der Waals surface area contributed by atoms with Gasteiger partial charge in [0.2, 0.25) is 0 Å². The van der Waals surface area contributed by atoms with Crippen molar-refractivity contribution in [1.29, 1.82) is 0 Å². The normalized spacial score (nSPS) is 30.9. The van der Waals surface area contributed by atoms with Crippen molar-refractivity contribution in [2.75, 3.05) is 19.6 Å². The maximum Gasteiger partial charge on any atom is 0.317 e. The first-order chi connectivity index (χ1) is 7.27. The molecule has 1 saturated carbocycles. The number of urea groups is 1. The Morgan fingerprint density at radius 3 is 2.60 bits per heavy atom. The van der Waals surface area contributed by atoms with E-state index in [9.17, 15) is 4.79 Å². The maximum atomic E-state index is 11.7. The standard InChI is InChI=1S/C12H22N2O/c1-10-5-4-6-11(10)9-13-12(15)14-7-2-3-8-14/h10-11H,2-9H2,1H3,(H,13,15). The molecule has 1 aliphatic heterocycles. The Kier molecular flexibility index (Phi) is 3.49. The predicted octanol–water partition coefficient (Wildman–Crippen LogP) is 2.23. The van der Waals surface area contributed by atoms with Crippen LogP contribution in [0.1, 0.15) is 39.0 Å². The summed E-state index contributed by atoms with van der Waals surface area (Å²) < 4.78 is 0. The van der Waals surface area contributed by atoms with Gasteiger partial charge >= 0.3 is 6.03 Å². The number of carbonyl (C=O) groups excluding carboxylic acids is 1. The number of nitrogens with zero attached hydrogens (tertiary/aromatic N) is 1. The van der Waals surface area contributed by atoms with E-state index in [1.54, 1.807) is 0 Å². The average Bonchev–Trinajstić information content (AvgIpc) is 2.85. The lowest BCUT2D eigenvalue weighted by atomic mass is 9.98. The van der Waals surface area contributed by atoms with Gasteiger partial charge in [0.15, 0.2) is 0 Å². The van der Waals surface area contributed by atoms with E-state index in [4.69, 9.17) is 0 Å². The van der Waals surface area contributed by atoms with Gasteiger partial charge in [-0.2, -0.15) is 0 Å². The third-order valence-electron chi connectivity index (χ3n) is 3.95. The van der Waals surface area contributed by atoms with Crippen molar-refractivity contribution >= 4 is 6.03 Å². The van der Waals surface area contributed by atoms with Crippen LogP contribution in [0, 0.1) is 11.8 Å². The Labute approximate surface area is 92.2 Å². The van der Waals surface area contributed by atoms with E-state index in [-0.39, 0.29) is 6.03 Å². The molecule has 3 nitrogen and oxygen atoms in total. The number of carbonyl (C=O) groups is 1. The van der Waals surface area contributed by atoms with E-state index in [2.05, 4.69) is 12.2 Å². The van der Waals surface area contributed by atoms with Crippen LogP contribution in [0.2, 0.25) is 0 Å². The van der Waals surface area contributed by atoms with Crippen LogP contribution in [0.5, 0.6) is 0 Å². The first-order valence-corrected chi connectivity index (χ1v) is 6.30. The first-order valence-electron chi connectivity index (χ1n) is 6.30. The molecule has 1 aliphatic carbocycles. The molecule has 0 aromatic heterocycles. The summed E-state index contributed by atoms with van der Waals surface area (Å²) in [5, 5.41) is 3.08. The van der Waals surface area contributed by atoms with Gasteiger partial charge in [0.05, 0.1) is 0 Å². The van der Waals surface area contributed by atoms with Gasteiger partial charge in [-0.15, -0.1) is 0 Å². The molecule has 2 atom stereocenters. The van der Waals surface area contributed by atoms with Crippen molar-refractivity contribution in [2.24, 2.45) is 11.8 Å². The van der Waals surface area contributed by atoms with Gasteiger partial charge in [0.1, 0.15) is 0 Å². The molecule has 0 radical (unpaired) electrons. The minimum atomic E-state index is 0.159. The summed E-state index contributed by atoms with van der Waals surface area (Å²) in [5.41, 5.74) is 0. The van der Waals surface area contributed by atoms with Crippen LogP contribution < -0.4 is 5.32 Å². The van der Waals surface area contributed by atoms with Gasteiger partial charge in [-0.05, 0) is 31.1 Å². The zero-order chi connectivity index (χ0) is 10.7. The number of nitrogens with one attached hydrogen (secondary N) is 1. The molecule has 3 heteroatoms. The summed E-state index contributed by atoms with van der Waals surface area (Å²) in [6.45, 7) is 5.09. The quantitative estimate of drug-likeness (QED) is 0.744. The van der Waals surface area contributed by atoms with Crippen molar-refractivity contribution in [1.82, 2.24) is 10.2 Å². The Balaban J connectivity index is 1.70. The molecule has 86 valence electrons. The highest BCUT2D eigenvalue weighted by atomic mass is 16.2. The number of hydrogen-bond donors (Lipinski definition) is 1. The Hall–Kier alpha value is -0.730. The molecule has 0 aromatic carbocycles. The van der Waals surface area contributed by atoms with Crippen LogP contribution >= 0.6 is 0 Å². The summed E-state index contributed by atoms with van der Waals surface area (Å²) >= 11 is 0. The van der Waals surface area contributed by atoms with Gasteiger partial charge in [-0.25, -0.2) is 4.79 Å². The summed E-state index contributed by atoms with van der Waals surface area (Å²) in [7, 11) is 0. The van der Waals surface area contributed by atoms with Gasteiger partial charge < -0.3 is 10.2 Å². The van der Waals surface area contributed by atoms with E-state index in [1.807, 2.05) is 4.90 Å². The Morgan fingerprint density at radius 2 is 2.00 bits per heavy atom. The molecule has 2 rings (SSSR count). The highest BCUT2D eigenvalue weighted by Gasteiger charge is 2.25. The molecule has 0 aromatic rings. The predicted molar refractivity (Wildman–Crippen MR) is 60.7 cm³/mol. The highest BCUT2D eigenvalue weighted by Crippen LogP contribution is 2.30. The third kappa shape index (κ3) is 2.64. The SMILES string of the molecule is CC1CCCC1CNC(=O)N1CCCC1. The second kappa shape index (κ2) is 4.86. The van der Waals surface area contributed by atoms with Crippen molar-refractivity contribution in [3.8, 4) is 0 Å². The van der Waals surface area contributed by atoms with E-state index < -0.39 is 0 Å². The maximum absolute atomic E-state index is 11.7. The van der Waals surface area contributed by atoms with E-state index >= 15 is 0 Å². The summed E-state index contributed by atoms with van der Waals surface area (Å²) in [6.07, 6.45) is 6.32. The Morgan fingerprint density at radius 1 is 1.27 bits per heavy atom. The van der Waals surface area contributed by atoms with Crippen molar-refractivity contribution in [2.45, 2.75) is 39.0 Å². The largest absolute Gasteiger partial charge is 0.338 e. The minimum absolute atomic E-state index is 0.159. The molecule has 15 heavy (non-hydrogen) atoms. The highest BCUT2D eigenvalue weighted by molar-refractivity contribution is 5.74. The van der Waals surface area contributed by atoms with Crippen LogP contribution in [-0.2, 0) is 0 Å². The van der Waals surface area contributed by atoms with Gasteiger partial charge in [-0.1, -0.05) is 19.8 Å². The second-order valence-electron chi connectivity index (χ2n) is 5.05. The summed E-state index contributed by atoms with van der Waals surface area (Å²) in [6, 6.07) is 0.159. The van der Waals surface area contributed by atoms with Gasteiger partial charge in [0, 0.05) is 19.6 Å². The summed E-state index contributed by atoms with van der Waals surface area (Å²) in [4.78, 5) is 13.7. The lowest BCUT2D eigenvalue weighted by Crippen LogP contribution is -2.40. The van der Waals surface area contributed by atoms with E-state index in [1.165, 1.54) is 32.1 Å². The number of amides is 2. The minimum Gasteiger partial charge on any atom is -0.338 e. The molecule has 2 aliphatic rings. The van der Waals surface area contributed by atoms with Gasteiger partial charge in [0.25, 0.3) is 0 Å². The molecular weight excluding hydrogens is 188 g/mol. The van der Waals surface area contributed by atoms with Crippen molar-refractivity contribution in [3.05, 3.63) is 0 Å². The number of likely N-dealkylation sites (tertiary alicyclic amines) is 1. The van der Waals surface area contributed by atoms with Crippen LogP contribution in [-0.4, -0.2) is 30.6 Å². The van der Waals surface area contributed by atoms with Gasteiger partial charge in [-0.3, -0.25) is 0 Å². The fourth-order valence-electron chi connectivity index (χ4n) is 2.78. The van der Waals surface area contributed by atoms with E-state index in [0.717, 1.165) is 31.5 Å². The van der Waals surface area contributed by atoms with E-state index in [0.29, 0.717) is 0 Å². The monoisotopic (exact) mass is 210 g/mol. The fraction of sp³-hybridized carbons (Fsp3) is 0.917. The molecule has 1 saturated heterocycles. The van der Waals surface area contributed by atoms with Crippen molar-refractivity contribution < 1.29 is 4.79 Å². The van der Waals surface area contributed by atoms with Crippen LogP contribution in [0.25, 0.3) is 0 Å². The van der Waals surface area contributed by atoms with Crippen LogP contribution in [0.4, 0.5) is 4.79 Å². The molecule has 1 N–H and O–H groups in total. The average molecular weight is 210 g/mol. The smallest absolute Gasteiger partial charge is 0.317 e. The molecule has 0 spiro atoms. The molecular formula is C12H22N2O. The molecule has 2 unspecified atom stereocenters. The topological polar surface area (TPSA) is 32.3 Å². The Bertz CT molecular complexity index is 224. The lowest BCUT2D eigenvalue weighted by molar-refractivity contribution is 0.205. The second-order valence-corrected chi connectivity index (χ2v) is 5.05. The molecule has 1 heterocycles. The first kappa shape index (κ1) is 10.8. The lowest BCUT2D eigenvalue weighted by Gasteiger charge is -2.20.